The van der Waals surface area contributed by atoms with Gasteiger partial charge in [-0.2, -0.15) is 0 Å². The number of pyridine rings is 2. The molecule has 3 aromatic heterocycles. The third-order valence-corrected chi connectivity index (χ3v) is 8.91. The number of anilines is 1. The number of carbonyl (C=O) groups excluding carboxylic acids is 1. The summed E-state index contributed by atoms with van der Waals surface area (Å²) in [7, 11) is 2.87. The number of carbonyl (C=O) groups is 1. The predicted molar refractivity (Wildman–Crippen MR) is 186 cm³/mol. The molecule has 0 fully saturated rings. The van der Waals surface area contributed by atoms with Crippen LogP contribution in [0.4, 0.5) is 5.69 Å². The third kappa shape index (κ3) is 6.35. The van der Waals surface area contributed by atoms with Crippen LogP contribution in [0.15, 0.2) is 107 Å². The van der Waals surface area contributed by atoms with Gasteiger partial charge in [-0.05, 0) is 66.6 Å². The van der Waals surface area contributed by atoms with Crippen molar-refractivity contribution in [2.24, 2.45) is 5.92 Å². The summed E-state index contributed by atoms with van der Waals surface area (Å²) in [5, 5.41) is 29.6. The maximum Gasteiger partial charge on any atom is 0.297 e. The van der Waals surface area contributed by atoms with E-state index in [1.165, 1.54) is 23.4 Å². The van der Waals surface area contributed by atoms with Gasteiger partial charge in [-0.25, -0.2) is 0 Å². The molecule has 1 aliphatic heterocycles. The number of fused-ring (bicyclic) bond motifs is 1. The summed E-state index contributed by atoms with van der Waals surface area (Å²) in [6.07, 6.45) is 9.72. The van der Waals surface area contributed by atoms with E-state index in [0.29, 0.717) is 47.7 Å². The number of aryl methyl sites for hydroxylation is 1. The molecule has 5 aromatic rings. The molecule has 6 rings (SSSR count). The molecule has 0 spiro atoms. The zero-order valence-corrected chi connectivity index (χ0v) is 28.0. The van der Waals surface area contributed by atoms with Gasteiger partial charge in [0.25, 0.3) is 17.0 Å². The Morgan fingerprint density at radius 3 is 2.18 bits per heavy atom. The van der Waals surface area contributed by atoms with Crippen LogP contribution in [-0.4, -0.2) is 61.1 Å². The topological polar surface area (TPSA) is 154 Å². The summed E-state index contributed by atoms with van der Waals surface area (Å²) >= 11 is 0. The second kappa shape index (κ2) is 14.4. The van der Waals surface area contributed by atoms with Gasteiger partial charge < -0.3 is 24.6 Å². The molecule has 0 unspecified atom stereocenters. The molecule has 258 valence electrons. The first kappa shape index (κ1) is 34.1. The number of aromatic nitrogens is 5. The molecule has 50 heavy (non-hydrogen) atoms. The number of amides is 1. The average molecular weight is 679 g/mol. The highest BCUT2D eigenvalue weighted by Crippen LogP contribution is 2.46. The predicted octanol–water partition coefficient (Wildman–Crippen LogP) is 3.15. The van der Waals surface area contributed by atoms with E-state index >= 15 is 0 Å². The number of aliphatic hydroxyl groups is 2. The van der Waals surface area contributed by atoms with Crippen LogP contribution < -0.4 is 25.5 Å². The molecule has 0 saturated carbocycles. The van der Waals surface area contributed by atoms with Crippen LogP contribution >= 0.6 is 0 Å². The van der Waals surface area contributed by atoms with E-state index in [4.69, 9.17) is 14.6 Å². The molecule has 2 aromatic carbocycles. The first-order valence-electron chi connectivity index (χ1n) is 16.2. The highest BCUT2D eigenvalue weighted by Gasteiger charge is 2.52. The van der Waals surface area contributed by atoms with Gasteiger partial charge in [0.05, 0.1) is 32.1 Å². The fourth-order valence-corrected chi connectivity index (χ4v) is 6.18. The van der Waals surface area contributed by atoms with Crippen molar-refractivity contribution < 1.29 is 24.5 Å². The van der Waals surface area contributed by atoms with Crippen molar-refractivity contribution >= 4 is 11.6 Å². The smallest absolute Gasteiger partial charge is 0.297 e. The molecule has 13 nitrogen and oxygen atoms in total. The van der Waals surface area contributed by atoms with Gasteiger partial charge in [0.1, 0.15) is 0 Å². The van der Waals surface area contributed by atoms with Crippen molar-refractivity contribution in [3.05, 3.63) is 135 Å². The van der Waals surface area contributed by atoms with Gasteiger partial charge in [-0.3, -0.25) is 28.2 Å². The van der Waals surface area contributed by atoms with Crippen LogP contribution in [0.1, 0.15) is 30.2 Å². The molecule has 2 N–H and O–H groups in total. The Hall–Kier alpha value is -5.79. The molecule has 2 atom stereocenters. The minimum Gasteiger partial charge on any atom is -0.491 e. The van der Waals surface area contributed by atoms with Crippen molar-refractivity contribution in [3.8, 4) is 22.9 Å². The lowest BCUT2D eigenvalue weighted by Crippen LogP contribution is -2.44. The largest absolute Gasteiger partial charge is 0.491 e. The fraction of sp³-hybridized carbons (Fsp3) is 0.270. The number of nitrogens with zero attached hydrogens (tertiary/aromatic N) is 6. The normalized spacial score (nSPS) is 16.2. The molecule has 0 radical (unpaired) electrons. The van der Waals surface area contributed by atoms with Gasteiger partial charge in [0, 0.05) is 61.0 Å². The van der Waals surface area contributed by atoms with Crippen molar-refractivity contribution in [3.63, 3.8) is 0 Å². The molecular formula is C37H38N6O7. The Bertz CT molecular complexity index is 2150. The number of ether oxygens (including phenoxy) is 2. The first-order valence-corrected chi connectivity index (χ1v) is 16.2. The van der Waals surface area contributed by atoms with Crippen molar-refractivity contribution in [1.82, 2.24) is 24.1 Å². The monoisotopic (exact) mass is 678 g/mol. The highest BCUT2D eigenvalue weighted by atomic mass is 16.5. The highest BCUT2D eigenvalue weighted by molar-refractivity contribution is 6.07. The summed E-state index contributed by atoms with van der Waals surface area (Å²) in [4.78, 5) is 41.7. The molecule has 0 aliphatic carbocycles. The second-order valence-electron chi connectivity index (χ2n) is 12.0. The van der Waals surface area contributed by atoms with Gasteiger partial charge >= 0.3 is 0 Å². The van der Waals surface area contributed by atoms with Crippen LogP contribution in [0, 0.1) is 5.92 Å². The number of benzene rings is 2. The van der Waals surface area contributed by atoms with Crippen molar-refractivity contribution in [2.45, 2.75) is 38.5 Å². The fourth-order valence-electron chi connectivity index (χ4n) is 6.18. The Morgan fingerprint density at radius 2 is 1.54 bits per heavy atom. The maximum absolute atomic E-state index is 14.3. The van der Waals surface area contributed by atoms with Crippen molar-refractivity contribution in [1.29, 1.82) is 0 Å². The van der Waals surface area contributed by atoms with Gasteiger partial charge in [-0.15, -0.1) is 5.10 Å². The summed E-state index contributed by atoms with van der Waals surface area (Å²) < 4.78 is 15.0. The SMILES string of the molecule is COc1cccn(-c2ccc(CN3C(=O)[C@@](O)([C@@H](C)/C=C/CCn4cc(CCO)nn4)c4cc(-n5cccc(OC)c5=O)ccc43)cc2)c1=O. The van der Waals surface area contributed by atoms with E-state index in [1.54, 1.807) is 89.7 Å². The lowest BCUT2D eigenvalue weighted by molar-refractivity contribution is -0.139. The van der Waals surface area contributed by atoms with Gasteiger partial charge in [-0.1, -0.05) is 36.4 Å². The first-order chi connectivity index (χ1) is 24.2. The van der Waals surface area contributed by atoms with Crippen LogP contribution in [0.25, 0.3) is 11.4 Å². The van der Waals surface area contributed by atoms with E-state index in [0.717, 1.165) is 5.56 Å². The summed E-state index contributed by atoms with van der Waals surface area (Å²) in [5.74, 6) is -0.774. The van der Waals surface area contributed by atoms with Crippen molar-refractivity contribution in [2.75, 3.05) is 25.7 Å². The van der Waals surface area contributed by atoms with Crippen LogP contribution in [0.2, 0.25) is 0 Å². The average Bonchev–Trinajstić information content (AvgIpc) is 3.67. The molecule has 1 amide bonds. The molecule has 1 aliphatic rings. The summed E-state index contributed by atoms with van der Waals surface area (Å²) in [6.45, 7) is 2.45. The molecule has 0 bridgehead atoms. The summed E-state index contributed by atoms with van der Waals surface area (Å²) in [5.41, 5.74) is 0.843. The molecular weight excluding hydrogens is 640 g/mol. The van der Waals surface area contributed by atoms with Crippen LogP contribution in [0.3, 0.4) is 0 Å². The number of hydrogen-bond acceptors (Lipinski definition) is 9. The number of hydrogen-bond donors (Lipinski definition) is 2. The lowest BCUT2D eigenvalue weighted by atomic mass is 9.82. The number of methoxy groups -OCH3 is 2. The minimum atomic E-state index is -1.94. The van der Waals surface area contributed by atoms with Gasteiger partial charge in [0.15, 0.2) is 17.1 Å². The van der Waals surface area contributed by atoms with Crippen LogP contribution in [0.5, 0.6) is 11.5 Å². The quantitative estimate of drug-likeness (QED) is 0.179. The summed E-state index contributed by atoms with van der Waals surface area (Å²) in [6, 6.07) is 19.0. The standard InChI is InChI=1S/C37H38N6O7/c1-25(8-4-5-18-40-24-27(17-21-44)38-39-40)37(48)30-22-29(42-20-7-10-33(50-3)35(42)46)15-16-31(30)43(36(37)47)23-26-11-13-28(14-12-26)41-19-6-9-32(49-2)34(41)45/h4,6-16,19-20,22,24-25,44,48H,5,17-18,21,23H2,1-3H3/b8-4+/t25-,37+/m0/s1. The van der Waals surface area contributed by atoms with E-state index in [1.807, 2.05) is 24.3 Å². The van der Waals surface area contributed by atoms with E-state index in [9.17, 15) is 19.5 Å². The molecule has 4 heterocycles. The van der Waals surface area contributed by atoms with Crippen LogP contribution in [-0.2, 0) is 29.9 Å². The Labute approximate surface area is 287 Å². The zero-order valence-electron chi connectivity index (χ0n) is 28.0. The second-order valence-corrected chi connectivity index (χ2v) is 12.0. The van der Waals surface area contributed by atoms with E-state index in [-0.39, 0.29) is 35.8 Å². The molecule has 0 saturated heterocycles. The number of aliphatic hydroxyl groups excluding tert-OH is 1. The minimum absolute atomic E-state index is 0.00857. The maximum atomic E-state index is 14.3. The Kier molecular flexibility index (Phi) is 9.79. The zero-order chi connectivity index (χ0) is 35.4. The molecule has 13 heteroatoms. The number of allylic oxidation sites excluding steroid dienone is 1. The number of rotatable bonds is 13. The lowest BCUT2D eigenvalue weighted by Gasteiger charge is -2.28. The van der Waals surface area contributed by atoms with E-state index in [2.05, 4.69) is 10.3 Å². The Balaban J connectivity index is 1.31. The van der Waals surface area contributed by atoms with E-state index < -0.39 is 17.4 Å². The third-order valence-electron chi connectivity index (χ3n) is 8.91. The van der Waals surface area contributed by atoms with Gasteiger partial charge in [0.2, 0.25) is 0 Å². The Morgan fingerprint density at radius 1 is 0.900 bits per heavy atom.